The minimum absolute atomic E-state index is 0.258. The Kier molecular flexibility index (Phi) is 3.48. The highest BCUT2D eigenvalue weighted by Crippen LogP contribution is 2.39. The van der Waals surface area contributed by atoms with Gasteiger partial charge in [-0.15, -0.1) is 0 Å². The SMILES string of the molecule is CC1(Cn2c(=S)[nH]c3c(S(C)(=O)=O)cccc32)CCCC1. The first-order valence-corrected chi connectivity index (χ1v) is 9.52. The van der Waals surface area contributed by atoms with Gasteiger partial charge in [-0.1, -0.05) is 25.8 Å². The van der Waals surface area contributed by atoms with Crippen LogP contribution >= 0.6 is 12.2 Å². The van der Waals surface area contributed by atoms with E-state index in [-0.39, 0.29) is 5.41 Å². The number of sulfone groups is 1. The standard InChI is InChI=1S/C15H20N2O2S2/c1-15(8-3-4-9-15)10-17-11-6-5-7-12(21(2,18)19)13(11)16-14(17)20/h5-7H,3-4,8-10H2,1-2H3,(H,16,20). The molecule has 0 spiro atoms. The Morgan fingerprint density at radius 3 is 2.62 bits per heavy atom. The van der Waals surface area contributed by atoms with E-state index in [0.29, 0.717) is 15.2 Å². The fourth-order valence-electron chi connectivity index (χ4n) is 3.39. The normalized spacial score (nSPS) is 18.4. The van der Waals surface area contributed by atoms with Gasteiger partial charge in [-0.3, -0.25) is 0 Å². The molecule has 1 aliphatic carbocycles. The van der Waals surface area contributed by atoms with E-state index in [0.717, 1.165) is 12.1 Å². The van der Waals surface area contributed by atoms with Crippen LogP contribution in [0.2, 0.25) is 0 Å². The molecule has 114 valence electrons. The first-order valence-electron chi connectivity index (χ1n) is 7.22. The van der Waals surface area contributed by atoms with Gasteiger partial charge < -0.3 is 9.55 Å². The third-order valence-corrected chi connectivity index (χ3v) is 5.98. The number of nitrogens with zero attached hydrogens (tertiary/aromatic N) is 1. The monoisotopic (exact) mass is 324 g/mol. The average molecular weight is 324 g/mol. The zero-order valence-corrected chi connectivity index (χ0v) is 14.0. The summed E-state index contributed by atoms with van der Waals surface area (Å²) in [5.74, 6) is 0. The van der Waals surface area contributed by atoms with Gasteiger partial charge in [-0.2, -0.15) is 0 Å². The fraction of sp³-hybridized carbons (Fsp3) is 0.533. The summed E-state index contributed by atoms with van der Waals surface area (Å²) >= 11 is 5.43. The van der Waals surface area contributed by atoms with Crippen LogP contribution < -0.4 is 0 Å². The largest absolute Gasteiger partial charge is 0.329 e. The second-order valence-electron chi connectivity index (χ2n) is 6.46. The summed E-state index contributed by atoms with van der Waals surface area (Å²) in [7, 11) is -3.27. The first kappa shape index (κ1) is 14.8. The van der Waals surface area contributed by atoms with Crippen molar-refractivity contribution >= 4 is 33.1 Å². The lowest BCUT2D eigenvalue weighted by Crippen LogP contribution is -2.19. The van der Waals surface area contributed by atoms with Crippen LogP contribution in [0, 0.1) is 10.2 Å². The van der Waals surface area contributed by atoms with E-state index in [1.807, 2.05) is 6.07 Å². The molecule has 1 fully saturated rings. The number of H-pyrrole nitrogens is 1. The van der Waals surface area contributed by atoms with Crippen LogP contribution in [-0.4, -0.2) is 24.2 Å². The molecule has 0 saturated heterocycles. The zero-order valence-electron chi connectivity index (χ0n) is 12.3. The maximum atomic E-state index is 11.9. The molecule has 1 aliphatic rings. The molecule has 6 heteroatoms. The predicted molar refractivity (Wildman–Crippen MR) is 86.8 cm³/mol. The Bertz CT molecular complexity index is 840. The van der Waals surface area contributed by atoms with E-state index in [1.165, 1.54) is 31.9 Å². The van der Waals surface area contributed by atoms with Crippen molar-refractivity contribution in [1.82, 2.24) is 9.55 Å². The van der Waals surface area contributed by atoms with Crippen molar-refractivity contribution in [1.29, 1.82) is 0 Å². The number of hydrogen-bond donors (Lipinski definition) is 1. The van der Waals surface area contributed by atoms with Gasteiger partial charge in [0, 0.05) is 12.8 Å². The summed E-state index contributed by atoms with van der Waals surface area (Å²) in [5, 5.41) is 0. The van der Waals surface area contributed by atoms with Gasteiger partial charge in [0.1, 0.15) is 0 Å². The number of aromatic amines is 1. The molecule has 1 aromatic carbocycles. The van der Waals surface area contributed by atoms with Gasteiger partial charge in [-0.25, -0.2) is 8.42 Å². The summed E-state index contributed by atoms with van der Waals surface area (Å²) in [5.41, 5.74) is 1.77. The number of hydrogen-bond acceptors (Lipinski definition) is 3. The molecule has 1 saturated carbocycles. The molecular formula is C15H20N2O2S2. The van der Waals surface area contributed by atoms with E-state index in [9.17, 15) is 8.42 Å². The Labute approximate surface area is 130 Å². The topological polar surface area (TPSA) is 54.9 Å². The second kappa shape index (κ2) is 4.95. The van der Waals surface area contributed by atoms with Gasteiger partial charge in [0.2, 0.25) is 0 Å². The summed E-state index contributed by atoms with van der Waals surface area (Å²) in [4.78, 5) is 3.41. The van der Waals surface area contributed by atoms with Crippen molar-refractivity contribution in [3.05, 3.63) is 23.0 Å². The Morgan fingerprint density at radius 1 is 1.33 bits per heavy atom. The quantitative estimate of drug-likeness (QED) is 0.876. The highest BCUT2D eigenvalue weighted by molar-refractivity contribution is 7.91. The van der Waals surface area contributed by atoms with Crippen LogP contribution in [0.25, 0.3) is 11.0 Å². The third-order valence-electron chi connectivity index (χ3n) is 4.52. The van der Waals surface area contributed by atoms with Crippen LogP contribution in [-0.2, 0) is 16.4 Å². The lowest BCUT2D eigenvalue weighted by molar-refractivity contribution is 0.284. The van der Waals surface area contributed by atoms with Crippen LogP contribution in [0.1, 0.15) is 32.6 Å². The van der Waals surface area contributed by atoms with Crippen LogP contribution in [0.15, 0.2) is 23.1 Å². The van der Waals surface area contributed by atoms with Crippen molar-refractivity contribution in [3.8, 4) is 0 Å². The molecule has 1 aromatic heterocycles. The summed E-state index contributed by atoms with van der Waals surface area (Å²) in [6, 6.07) is 5.36. The van der Waals surface area contributed by atoms with Gasteiger partial charge in [-0.05, 0) is 42.6 Å². The lowest BCUT2D eigenvalue weighted by Gasteiger charge is -2.24. The summed E-state index contributed by atoms with van der Waals surface area (Å²) in [6.45, 7) is 3.14. The van der Waals surface area contributed by atoms with Crippen LogP contribution in [0.4, 0.5) is 0 Å². The molecule has 4 nitrogen and oxygen atoms in total. The van der Waals surface area contributed by atoms with E-state index in [4.69, 9.17) is 12.2 Å². The number of nitrogens with one attached hydrogen (secondary N) is 1. The van der Waals surface area contributed by atoms with Crippen molar-refractivity contribution in [3.63, 3.8) is 0 Å². The van der Waals surface area contributed by atoms with Crippen molar-refractivity contribution in [2.24, 2.45) is 5.41 Å². The molecule has 0 atom stereocenters. The van der Waals surface area contributed by atoms with Crippen molar-refractivity contribution < 1.29 is 8.42 Å². The van der Waals surface area contributed by atoms with Gasteiger partial charge in [0.05, 0.1) is 15.9 Å². The average Bonchev–Trinajstić information content (AvgIpc) is 2.94. The fourth-order valence-corrected chi connectivity index (χ4v) is 4.51. The number of rotatable bonds is 3. The van der Waals surface area contributed by atoms with E-state index < -0.39 is 9.84 Å². The van der Waals surface area contributed by atoms with Gasteiger partial charge in [0.15, 0.2) is 14.6 Å². The molecule has 21 heavy (non-hydrogen) atoms. The molecule has 0 bridgehead atoms. The van der Waals surface area contributed by atoms with Crippen LogP contribution in [0.5, 0.6) is 0 Å². The molecule has 1 heterocycles. The Hall–Kier alpha value is -1.14. The van der Waals surface area contributed by atoms with Crippen molar-refractivity contribution in [2.75, 3.05) is 6.26 Å². The molecule has 1 N–H and O–H groups in total. The number of para-hydroxylation sites is 1. The molecule has 0 aliphatic heterocycles. The molecule has 0 unspecified atom stereocenters. The van der Waals surface area contributed by atoms with E-state index >= 15 is 0 Å². The second-order valence-corrected chi connectivity index (χ2v) is 8.83. The van der Waals surface area contributed by atoms with E-state index in [1.54, 1.807) is 12.1 Å². The van der Waals surface area contributed by atoms with Gasteiger partial charge in [0.25, 0.3) is 0 Å². The number of aromatic nitrogens is 2. The molecule has 0 radical (unpaired) electrons. The lowest BCUT2D eigenvalue weighted by atomic mass is 9.89. The maximum absolute atomic E-state index is 11.9. The zero-order chi connectivity index (χ0) is 15.3. The highest BCUT2D eigenvalue weighted by atomic mass is 32.2. The number of benzene rings is 1. The highest BCUT2D eigenvalue weighted by Gasteiger charge is 2.30. The number of fused-ring (bicyclic) bond motifs is 1. The van der Waals surface area contributed by atoms with Gasteiger partial charge >= 0.3 is 0 Å². The molecule has 2 aromatic rings. The molecular weight excluding hydrogens is 304 g/mol. The van der Waals surface area contributed by atoms with Crippen LogP contribution in [0.3, 0.4) is 0 Å². The Morgan fingerprint density at radius 2 is 2.00 bits per heavy atom. The third kappa shape index (κ3) is 2.66. The summed E-state index contributed by atoms with van der Waals surface area (Å²) in [6.07, 6.45) is 6.16. The van der Waals surface area contributed by atoms with Crippen molar-refractivity contribution in [2.45, 2.75) is 44.0 Å². The smallest absolute Gasteiger partial charge is 0.178 e. The maximum Gasteiger partial charge on any atom is 0.178 e. The molecule has 0 amide bonds. The van der Waals surface area contributed by atoms with E-state index in [2.05, 4.69) is 16.5 Å². The molecule has 3 rings (SSSR count). The predicted octanol–water partition coefficient (Wildman–Crippen LogP) is 3.68. The Balaban J connectivity index is 2.17. The minimum atomic E-state index is -3.27. The summed E-state index contributed by atoms with van der Waals surface area (Å²) < 4.78 is 26.5. The number of imidazole rings is 1. The minimum Gasteiger partial charge on any atom is -0.329 e. The first-order chi connectivity index (χ1) is 9.80.